The van der Waals surface area contributed by atoms with Crippen molar-refractivity contribution in [2.45, 2.75) is 148 Å². The van der Waals surface area contributed by atoms with Crippen molar-refractivity contribution in [2.75, 3.05) is 11.9 Å². The molecule has 2 aromatic heterocycles. The van der Waals surface area contributed by atoms with Gasteiger partial charge < -0.3 is 24.5 Å². The minimum atomic E-state index is -3.31. The summed E-state index contributed by atoms with van der Waals surface area (Å²) in [6, 6.07) is 4.23. The molecule has 1 amide bonds. The largest absolute Gasteiger partial charge is 0.444 e. The van der Waals surface area contributed by atoms with Gasteiger partial charge in [0.2, 0.25) is 0 Å². The number of aromatic nitrogens is 3. The first kappa shape index (κ1) is 36.9. The molecule has 9 nitrogen and oxygen atoms in total. The van der Waals surface area contributed by atoms with Gasteiger partial charge in [-0.15, -0.1) is 0 Å². The first-order valence-electron chi connectivity index (χ1n) is 15.9. The number of pyridine rings is 1. The van der Waals surface area contributed by atoms with Crippen molar-refractivity contribution in [3.63, 3.8) is 0 Å². The lowest BCUT2D eigenvalue weighted by Gasteiger charge is -2.38. The summed E-state index contributed by atoms with van der Waals surface area (Å²) in [4.78, 5) is 16.2. The van der Waals surface area contributed by atoms with Crippen LogP contribution in [0.5, 0.6) is 0 Å². The van der Waals surface area contributed by atoms with Crippen LogP contribution >= 0.6 is 0 Å². The molecule has 2 N–H and O–H groups in total. The normalized spacial score (nSPS) is 19.0. The average Bonchev–Trinajstić information content (AvgIpc) is 3.49. The third kappa shape index (κ3) is 10.5. The fourth-order valence-electron chi connectivity index (χ4n) is 4.90. The standard InChI is InChI=1S/C33H55F2N5O4Si/c1-22(37-29(41)43-31(5,6)7)33(34,35)21-42-20-25-18-24(15-16-36-25)38-28-19-27(39-40(28)30(2,3)4)23-13-14-26(17-23)44-45(11,12)32(8,9)10/h15-16,18-19,22-23,26H,13-14,17,20-21H2,1-12H3,(H,36,38)(H,37,41)/t22?,23-,26+/m0/s1. The minimum Gasteiger partial charge on any atom is -0.444 e. The van der Waals surface area contributed by atoms with Crippen LogP contribution in [0.25, 0.3) is 0 Å². The highest BCUT2D eigenvalue weighted by molar-refractivity contribution is 6.74. The zero-order valence-corrected chi connectivity index (χ0v) is 30.3. The molecule has 0 aliphatic heterocycles. The molecular formula is C33H55F2N5O4Si. The van der Waals surface area contributed by atoms with Crippen molar-refractivity contribution in [1.29, 1.82) is 0 Å². The molecule has 1 aliphatic rings. The van der Waals surface area contributed by atoms with E-state index < -0.39 is 38.6 Å². The second-order valence-corrected chi connectivity index (χ2v) is 20.6. The molecule has 3 rings (SSSR count). The Morgan fingerprint density at radius 1 is 1.09 bits per heavy atom. The highest BCUT2D eigenvalue weighted by Gasteiger charge is 2.42. The molecular weight excluding hydrogens is 596 g/mol. The summed E-state index contributed by atoms with van der Waals surface area (Å²) in [5.74, 6) is -2.14. The Morgan fingerprint density at radius 2 is 1.76 bits per heavy atom. The van der Waals surface area contributed by atoms with Crippen LogP contribution in [0.1, 0.15) is 106 Å². The number of alkyl halides is 2. The third-order valence-electron chi connectivity index (χ3n) is 8.43. The highest BCUT2D eigenvalue weighted by atomic mass is 28.4. The maximum atomic E-state index is 14.7. The Hall–Kier alpha value is -2.57. The van der Waals surface area contributed by atoms with Crippen molar-refractivity contribution in [3.05, 3.63) is 35.8 Å². The van der Waals surface area contributed by atoms with Crippen LogP contribution in [0.2, 0.25) is 18.1 Å². The first-order valence-corrected chi connectivity index (χ1v) is 18.8. The number of rotatable bonds is 11. The van der Waals surface area contributed by atoms with Gasteiger partial charge in [0.25, 0.3) is 5.92 Å². The summed E-state index contributed by atoms with van der Waals surface area (Å²) in [7, 11) is -1.85. The van der Waals surface area contributed by atoms with Crippen molar-refractivity contribution in [1.82, 2.24) is 20.1 Å². The SMILES string of the molecule is CC(NC(=O)OC(C)(C)C)C(F)(F)COCc1cc(Nc2cc([C@H]3CC[C@@H](O[Si](C)(C)C(C)(C)C)C3)nn2C(C)(C)C)ccn1. The molecule has 0 radical (unpaired) electrons. The fraction of sp³-hybridized carbons (Fsp3) is 0.727. The molecule has 1 fully saturated rings. The molecule has 2 aromatic rings. The fourth-order valence-corrected chi connectivity index (χ4v) is 6.30. The minimum absolute atomic E-state index is 0.119. The van der Waals surface area contributed by atoms with Gasteiger partial charge in [-0.05, 0) is 98.0 Å². The lowest BCUT2D eigenvalue weighted by molar-refractivity contribution is -0.102. The van der Waals surface area contributed by atoms with E-state index in [1.165, 1.54) is 6.92 Å². The van der Waals surface area contributed by atoms with Crippen LogP contribution in [-0.4, -0.2) is 59.5 Å². The molecule has 0 aromatic carbocycles. The Bertz CT molecular complexity index is 1300. The van der Waals surface area contributed by atoms with Gasteiger partial charge in [-0.2, -0.15) is 5.10 Å². The lowest BCUT2D eigenvalue weighted by atomic mass is 10.0. The third-order valence-corrected chi connectivity index (χ3v) is 13.0. The van der Waals surface area contributed by atoms with Gasteiger partial charge in [-0.3, -0.25) is 4.98 Å². The lowest BCUT2D eigenvalue weighted by Crippen LogP contribution is -2.49. The molecule has 2 heterocycles. The van der Waals surface area contributed by atoms with Gasteiger partial charge in [-0.1, -0.05) is 20.8 Å². The van der Waals surface area contributed by atoms with Crippen LogP contribution in [0.4, 0.5) is 25.1 Å². The zero-order valence-electron chi connectivity index (χ0n) is 29.3. The first-order chi connectivity index (χ1) is 20.5. The van der Waals surface area contributed by atoms with E-state index in [4.69, 9.17) is 19.0 Å². The number of nitrogens with zero attached hydrogens (tertiary/aromatic N) is 3. The summed E-state index contributed by atoms with van der Waals surface area (Å²) in [5.41, 5.74) is 1.23. The van der Waals surface area contributed by atoms with Crippen LogP contribution in [0.15, 0.2) is 24.4 Å². The Balaban J connectivity index is 1.65. The van der Waals surface area contributed by atoms with Gasteiger partial charge in [0.15, 0.2) is 8.32 Å². The zero-order chi connectivity index (χ0) is 34.0. The molecule has 0 spiro atoms. The molecule has 1 aliphatic carbocycles. The number of ether oxygens (including phenoxy) is 2. The van der Waals surface area contributed by atoms with E-state index >= 15 is 0 Å². The van der Waals surface area contributed by atoms with E-state index in [2.05, 4.69) is 76.3 Å². The van der Waals surface area contributed by atoms with Crippen LogP contribution < -0.4 is 10.6 Å². The number of nitrogens with one attached hydrogen (secondary N) is 2. The molecule has 1 saturated carbocycles. The summed E-state index contributed by atoms with van der Waals surface area (Å²) >= 11 is 0. The van der Waals surface area contributed by atoms with E-state index in [1.807, 2.05) is 10.7 Å². The van der Waals surface area contributed by atoms with Gasteiger partial charge >= 0.3 is 6.09 Å². The average molecular weight is 652 g/mol. The van der Waals surface area contributed by atoms with Crippen molar-refractivity contribution < 1.29 is 27.5 Å². The van der Waals surface area contributed by atoms with Crippen molar-refractivity contribution in [3.8, 4) is 0 Å². The highest BCUT2D eigenvalue weighted by Crippen LogP contribution is 2.43. The Kier molecular flexibility index (Phi) is 11.2. The number of carbonyl (C=O) groups is 1. The summed E-state index contributed by atoms with van der Waals surface area (Å²) < 4.78 is 48.5. The summed E-state index contributed by atoms with van der Waals surface area (Å²) in [5, 5.41) is 10.9. The van der Waals surface area contributed by atoms with Crippen molar-refractivity contribution >= 4 is 25.9 Å². The van der Waals surface area contributed by atoms with Crippen LogP contribution in [0.3, 0.4) is 0 Å². The molecule has 45 heavy (non-hydrogen) atoms. The maximum absolute atomic E-state index is 14.7. The second-order valence-electron chi connectivity index (χ2n) is 15.8. The van der Waals surface area contributed by atoms with Crippen LogP contribution in [-0.2, 0) is 26.0 Å². The molecule has 12 heteroatoms. The number of carbonyl (C=O) groups excluding carboxylic acids is 1. The van der Waals surface area contributed by atoms with Gasteiger partial charge in [0, 0.05) is 30.0 Å². The van der Waals surface area contributed by atoms with E-state index in [9.17, 15) is 13.6 Å². The van der Waals surface area contributed by atoms with Crippen molar-refractivity contribution in [2.24, 2.45) is 0 Å². The maximum Gasteiger partial charge on any atom is 0.408 e. The molecule has 0 bridgehead atoms. The predicted octanol–water partition coefficient (Wildman–Crippen LogP) is 8.50. The van der Waals surface area contributed by atoms with E-state index in [0.29, 0.717) is 11.6 Å². The van der Waals surface area contributed by atoms with Gasteiger partial charge in [0.05, 0.1) is 29.6 Å². The van der Waals surface area contributed by atoms with Gasteiger partial charge in [-0.25, -0.2) is 18.3 Å². The number of alkyl carbamates (subject to hydrolysis) is 1. The van der Waals surface area contributed by atoms with E-state index in [1.54, 1.807) is 33.0 Å². The Morgan fingerprint density at radius 3 is 2.36 bits per heavy atom. The summed E-state index contributed by atoms with van der Waals surface area (Å²) in [6.45, 7) is 23.0. The van der Waals surface area contributed by atoms with E-state index in [0.717, 1.165) is 36.5 Å². The molecule has 1 unspecified atom stereocenters. The van der Waals surface area contributed by atoms with Gasteiger partial charge in [0.1, 0.15) is 18.0 Å². The predicted molar refractivity (Wildman–Crippen MR) is 177 cm³/mol. The van der Waals surface area contributed by atoms with E-state index in [-0.39, 0.29) is 23.3 Å². The number of anilines is 2. The molecule has 0 saturated heterocycles. The number of amides is 1. The smallest absolute Gasteiger partial charge is 0.408 e. The monoisotopic (exact) mass is 651 g/mol. The number of halogens is 2. The summed E-state index contributed by atoms with van der Waals surface area (Å²) in [6.07, 6.45) is 3.99. The molecule has 3 atom stereocenters. The van der Waals surface area contributed by atoms with Crippen LogP contribution in [0, 0.1) is 0 Å². The molecule has 254 valence electrons. The Labute approximate surface area is 269 Å². The second kappa shape index (κ2) is 13.7. The number of hydrogen-bond donors (Lipinski definition) is 2. The number of hydrogen-bond acceptors (Lipinski definition) is 7. The topological polar surface area (TPSA) is 99.5 Å². The quantitative estimate of drug-likeness (QED) is 0.235.